The molecule has 2 aromatic carbocycles. The Morgan fingerprint density at radius 3 is 2.05 bits per heavy atom. The number of carbonyl (C=O) groups excluding carboxylic acids is 3. The number of carbonyl (C=O) groups is 3. The molecule has 0 aliphatic rings. The van der Waals surface area contributed by atoms with E-state index in [4.69, 9.17) is 4.74 Å². The second kappa shape index (κ2) is 13.1. The predicted octanol–water partition coefficient (Wildman–Crippen LogP) is 4.72. The normalized spacial score (nSPS) is 13.8. The molecule has 2 aromatic rings. The van der Waals surface area contributed by atoms with E-state index >= 15 is 0 Å². The van der Waals surface area contributed by atoms with Crippen LogP contribution in [0.4, 0.5) is 4.79 Å². The van der Waals surface area contributed by atoms with Gasteiger partial charge in [-0.2, -0.15) is 0 Å². The van der Waals surface area contributed by atoms with E-state index in [-0.39, 0.29) is 30.2 Å². The lowest BCUT2D eigenvalue weighted by molar-refractivity contribution is -0.145. The van der Waals surface area contributed by atoms with Crippen molar-refractivity contribution in [3.05, 3.63) is 65.7 Å². The third kappa shape index (κ3) is 9.12. The first-order valence-corrected chi connectivity index (χ1v) is 12.8. The molecule has 3 atom stereocenters. The summed E-state index contributed by atoms with van der Waals surface area (Å²) in [6.45, 7) is 12.8. The van der Waals surface area contributed by atoms with Gasteiger partial charge < -0.3 is 25.4 Å². The van der Waals surface area contributed by atoms with Gasteiger partial charge in [-0.1, -0.05) is 49.4 Å². The first-order chi connectivity index (χ1) is 17.3. The predicted molar refractivity (Wildman–Crippen MR) is 144 cm³/mol. The molecule has 0 aliphatic heterocycles. The van der Waals surface area contributed by atoms with Crippen molar-refractivity contribution in [2.75, 3.05) is 0 Å². The number of nitrogens with zero attached hydrogens (tertiary/aromatic N) is 1. The zero-order chi connectivity index (χ0) is 27.8. The number of ether oxygens (including phenoxy) is 1. The molecule has 3 N–H and O–H groups in total. The highest BCUT2D eigenvalue weighted by Gasteiger charge is 2.38. The average molecular weight is 512 g/mol. The Hall–Kier alpha value is -3.55. The number of benzene rings is 2. The molecule has 0 saturated heterocycles. The number of phenolic OH excluding ortho intramolecular Hbond substituents is 1. The Balaban J connectivity index is 2.55. The summed E-state index contributed by atoms with van der Waals surface area (Å²) in [5.74, 6) is -0.598. The van der Waals surface area contributed by atoms with Gasteiger partial charge in [0, 0.05) is 18.5 Å². The topological polar surface area (TPSA) is 108 Å². The van der Waals surface area contributed by atoms with Crippen LogP contribution in [0.2, 0.25) is 0 Å². The average Bonchev–Trinajstić information content (AvgIpc) is 2.81. The fourth-order valence-corrected chi connectivity index (χ4v) is 3.93. The SMILES string of the molecule is CCC(C)N(C(=O)C(Cc1ccc(O)cc1)NC(=O)OC(C)(C)C)C(C(=O)NC(C)C)c1ccccc1. The van der Waals surface area contributed by atoms with Gasteiger partial charge in [0.15, 0.2) is 0 Å². The Morgan fingerprint density at radius 1 is 0.946 bits per heavy atom. The van der Waals surface area contributed by atoms with Gasteiger partial charge in [-0.25, -0.2) is 4.79 Å². The van der Waals surface area contributed by atoms with Crippen molar-refractivity contribution in [3.63, 3.8) is 0 Å². The van der Waals surface area contributed by atoms with Gasteiger partial charge in [0.2, 0.25) is 11.8 Å². The van der Waals surface area contributed by atoms with Crippen LogP contribution in [0.15, 0.2) is 54.6 Å². The molecule has 0 aromatic heterocycles. The van der Waals surface area contributed by atoms with Crippen LogP contribution in [0.5, 0.6) is 5.75 Å². The smallest absolute Gasteiger partial charge is 0.408 e. The van der Waals surface area contributed by atoms with Gasteiger partial charge in [0.05, 0.1) is 0 Å². The van der Waals surface area contributed by atoms with Crippen LogP contribution in [0.3, 0.4) is 0 Å². The fraction of sp³-hybridized carbons (Fsp3) is 0.483. The molecule has 8 heteroatoms. The zero-order valence-electron chi connectivity index (χ0n) is 22.9. The highest BCUT2D eigenvalue weighted by molar-refractivity contribution is 5.92. The Kier molecular flexibility index (Phi) is 10.5. The summed E-state index contributed by atoms with van der Waals surface area (Å²) < 4.78 is 5.45. The first-order valence-electron chi connectivity index (χ1n) is 12.8. The van der Waals surface area contributed by atoms with E-state index in [9.17, 15) is 19.5 Å². The number of hydrogen-bond donors (Lipinski definition) is 3. The number of rotatable bonds is 10. The molecule has 0 radical (unpaired) electrons. The first kappa shape index (κ1) is 29.7. The van der Waals surface area contributed by atoms with E-state index in [0.717, 1.165) is 5.56 Å². The maximum Gasteiger partial charge on any atom is 0.408 e. The highest BCUT2D eigenvalue weighted by atomic mass is 16.6. The molecule has 2 rings (SSSR count). The summed E-state index contributed by atoms with van der Waals surface area (Å²) >= 11 is 0. The Bertz CT molecular complexity index is 1030. The van der Waals surface area contributed by atoms with E-state index in [1.165, 1.54) is 12.1 Å². The van der Waals surface area contributed by atoms with Crippen LogP contribution in [0, 0.1) is 0 Å². The van der Waals surface area contributed by atoms with E-state index < -0.39 is 29.7 Å². The summed E-state index contributed by atoms with van der Waals surface area (Å²) in [5.41, 5.74) is 0.658. The molecular formula is C29H41N3O5. The monoisotopic (exact) mass is 511 g/mol. The molecule has 0 saturated carbocycles. The molecule has 202 valence electrons. The van der Waals surface area contributed by atoms with Crippen LogP contribution in [-0.4, -0.2) is 51.6 Å². The van der Waals surface area contributed by atoms with E-state index in [2.05, 4.69) is 10.6 Å². The lowest BCUT2D eigenvalue weighted by Gasteiger charge is -2.38. The summed E-state index contributed by atoms with van der Waals surface area (Å²) in [6, 6.07) is 13.3. The maximum atomic E-state index is 14.2. The van der Waals surface area contributed by atoms with Gasteiger partial charge in [-0.3, -0.25) is 9.59 Å². The van der Waals surface area contributed by atoms with Gasteiger partial charge in [0.25, 0.3) is 0 Å². The molecule has 0 spiro atoms. The van der Waals surface area contributed by atoms with Crippen LogP contribution < -0.4 is 10.6 Å². The van der Waals surface area contributed by atoms with Gasteiger partial charge in [0.1, 0.15) is 23.4 Å². The van der Waals surface area contributed by atoms with Crippen LogP contribution >= 0.6 is 0 Å². The number of hydrogen-bond acceptors (Lipinski definition) is 5. The third-order valence-corrected chi connectivity index (χ3v) is 5.76. The van der Waals surface area contributed by atoms with Crippen molar-refractivity contribution in [1.29, 1.82) is 0 Å². The van der Waals surface area contributed by atoms with Crippen molar-refractivity contribution in [3.8, 4) is 5.75 Å². The number of alkyl carbamates (subject to hydrolysis) is 1. The molecule has 0 bridgehead atoms. The lowest BCUT2D eigenvalue weighted by Crippen LogP contribution is -2.56. The van der Waals surface area contributed by atoms with Crippen LogP contribution in [0.25, 0.3) is 0 Å². The molecule has 3 unspecified atom stereocenters. The standard InChI is InChI=1S/C29H41N3O5/c1-8-20(4)32(25(26(34)30-19(2)3)22-12-10-9-11-13-22)27(35)24(31-28(36)37-29(5,6)7)18-21-14-16-23(33)17-15-21/h9-17,19-20,24-25,33H,8,18H2,1-7H3,(H,30,34)(H,31,36). The third-order valence-electron chi connectivity index (χ3n) is 5.76. The highest BCUT2D eigenvalue weighted by Crippen LogP contribution is 2.27. The lowest BCUT2D eigenvalue weighted by atomic mass is 9.98. The van der Waals surface area contributed by atoms with Gasteiger partial charge in [-0.15, -0.1) is 0 Å². The van der Waals surface area contributed by atoms with Crippen molar-refractivity contribution in [2.45, 2.75) is 91.1 Å². The molecule has 0 fully saturated rings. The molecule has 0 heterocycles. The van der Waals surface area contributed by atoms with Gasteiger partial charge in [-0.05, 0) is 71.2 Å². The van der Waals surface area contributed by atoms with Crippen molar-refractivity contribution in [2.24, 2.45) is 0 Å². The fourth-order valence-electron chi connectivity index (χ4n) is 3.93. The van der Waals surface area contributed by atoms with Crippen LogP contribution in [0.1, 0.15) is 72.1 Å². The van der Waals surface area contributed by atoms with Crippen molar-refractivity contribution >= 4 is 17.9 Å². The van der Waals surface area contributed by atoms with E-state index in [1.807, 2.05) is 58.0 Å². The Labute approximate surface area is 220 Å². The van der Waals surface area contributed by atoms with Crippen molar-refractivity contribution in [1.82, 2.24) is 15.5 Å². The minimum absolute atomic E-state index is 0.0995. The largest absolute Gasteiger partial charge is 0.508 e. The number of amides is 3. The second-order valence-corrected chi connectivity index (χ2v) is 10.5. The summed E-state index contributed by atoms with van der Waals surface area (Å²) in [4.78, 5) is 42.1. The molecular weight excluding hydrogens is 470 g/mol. The summed E-state index contributed by atoms with van der Waals surface area (Å²) in [7, 11) is 0. The minimum Gasteiger partial charge on any atom is -0.508 e. The number of aromatic hydroxyl groups is 1. The summed E-state index contributed by atoms with van der Waals surface area (Å²) in [5, 5.41) is 15.4. The summed E-state index contributed by atoms with van der Waals surface area (Å²) in [6.07, 6.45) is 0.0256. The Morgan fingerprint density at radius 2 is 1.54 bits per heavy atom. The van der Waals surface area contributed by atoms with Crippen molar-refractivity contribution < 1.29 is 24.2 Å². The molecule has 0 aliphatic carbocycles. The molecule has 3 amide bonds. The number of phenols is 1. The molecule has 37 heavy (non-hydrogen) atoms. The minimum atomic E-state index is -1.01. The maximum absolute atomic E-state index is 14.2. The quantitative estimate of drug-likeness (QED) is 0.428. The second-order valence-electron chi connectivity index (χ2n) is 10.5. The number of nitrogens with one attached hydrogen (secondary N) is 2. The van der Waals surface area contributed by atoms with Gasteiger partial charge >= 0.3 is 6.09 Å². The zero-order valence-corrected chi connectivity index (χ0v) is 22.9. The van der Waals surface area contributed by atoms with E-state index in [1.54, 1.807) is 37.8 Å². The van der Waals surface area contributed by atoms with E-state index in [0.29, 0.717) is 12.0 Å². The molecule has 8 nitrogen and oxygen atoms in total. The van der Waals surface area contributed by atoms with Crippen LogP contribution in [-0.2, 0) is 20.7 Å².